The Morgan fingerprint density at radius 1 is 0.903 bits per heavy atom. The van der Waals surface area contributed by atoms with Crippen molar-refractivity contribution < 1.29 is 8.42 Å². The molecule has 1 aliphatic heterocycles. The molecule has 3 aromatic rings. The molecule has 0 aliphatic carbocycles. The Morgan fingerprint density at radius 3 is 2.35 bits per heavy atom. The summed E-state index contributed by atoms with van der Waals surface area (Å²) in [7, 11) is -3.62. The van der Waals surface area contributed by atoms with Gasteiger partial charge >= 0.3 is 0 Å². The minimum atomic E-state index is -3.62. The van der Waals surface area contributed by atoms with Crippen LogP contribution in [0.1, 0.15) is 12.8 Å². The van der Waals surface area contributed by atoms with Crippen molar-refractivity contribution in [3.05, 3.63) is 61.2 Å². The number of hydrogen-bond acceptors (Lipinski definition) is 7. The van der Waals surface area contributed by atoms with Crippen LogP contribution in [-0.4, -0.2) is 65.8 Å². The predicted molar refractivity (Wildman–Crippen MR) is 119 cm³/mol. The van der Waals surface area contributed by atoms with E-state index >= 15 is 0 Å². The van der Waals surface area contributed by atoms with Crippen molar-refractivity contribution in [1.82, 2.24) is 24.6 Å². The van der Waals surface area contributed by atoms with Gasteiger partial charge in [0.1, 0.15) is 4.90 Å². The molecule has 1 aliphatic rings. The average Bonchev–Trinajstić information content (AvgIpc) is 3.28. The Labute approximate surface area is 182 Å². The minimum Gasteiger partial charge on any atom is -0.338 e. The number of benzene rings is 1. The molecule has 9 nitrogen and oxygen atoms in total. The van der Waals surface area contributed by atoms with Crippen LogP contribution in [0.3, 0.4) is 0 Å². The average molecular weight is 442 g/mol. The lowest BCUT2D eigenvalue weighted by molar-refractivity contribution is 0.249. The van der Waals surface area contributed by atoms with Gasteiger partial charge in [-0.25, -0.2) is 18.4 Å². The third kappa shape index (κ3) is 5.80. The molecule has 3 heterocycles. The van der Waals surface area contributed by atoms with Crippen molar-refractivity contribution in [3.8, 4) is 0 Å². The smallest absolute Gasteiger partial charge is 0.265 e. The summed E-state index contributed by atoms with van der Waals surface area (Å²) in [5.41, 5.74) is 0.536. The normalized spacial score (nSPS) is 15.2. The Hall–Kier alpha value is -2.98. The number of rotatable bonds is 9. The third-order valence-corrected chi connectivity index (χ3v) is 6.60. The van der Waals surface area contributed by atoms with E-state index in [1.54, 1.807) is 47.5 Å². The summed E-state index contributed by atoms with van der Waals surface area (Å²) in [4.78, 5) is 13.5. The monoisotopic (exact) mass is 441 g/mol. The molecule has 0 unspecified atom stereocenters. The zero-order chi connectivity index (χ0) is 21.5. The van der Waals surface area contributed by atoms with Gasteiger partial charge in [-0.3, -0.25) is 14.3 Å². The van der Waals surface area contributed by atoms with Crippen molar-refractivity contribution in [2.75, 3.05) is 42.3 Å². The van der Waals surface area contributed by atoms with E-state index in [9.17, 15) is 8.42 Å². The molecular weight excluding hydrogens is 414 g/mol. The number of sulfonamides is 1. The summed E-state index contributed by atoms with van der Waals surface area (Å²) in [6.45, 7) is 5.56. The summed E-state index contributed by atoms with van der Waals surface area (Å²) in [5.74, 6) is 0.799. The molecule has 0 spiro atoms. The van der Waals surface area contributed by atoms with E-state index in [0.29, 0.717) is 12.2 Å². The molecule has 0 saturated carbocycles. The Bertz CT molecular complexity index is 1050. The maximum Gasteiger partial charge on any atom is 0.265 e. The fourth-order valence-corrected chi connectivity index (χ4v) is 4.57. The van der Waals surface area contributed by atoms with Gasteiger partial charge in [0.2, 0.25) is 5.95 Å². The van der Waals surface area contributed by atoms with Gasteiger partial charge in [0, 0.05) is 57.0 Å². The Kier molecular flexibility index (Phi) is 6.78. The number of unbranched alkanes of at least 4 members (excludes halogenated alkanes) is 1. The highest BCUT2D eigenvalue weighted by atomic mass is 32.2. The number of piperazine rings is 1. The van der Waals surface area contributed by atoms with Gasteiger partial charge in [-0.05, 0) is 37.6 Å². The van der Waals surface area contributed by atoms with Crippen molar-refractivity contribution in [2.24, 2.45) is 0 Å². The van der Waals surface area contributed by atoms with Crippen LogP contribution in [0.2, 0.25) is 0 Å². The maximum atomic E-state index is 12.5. The first-order chi connectivity index (χ1) is 15.1. The van der Waals surface area contributed by atoms with Crippen LogP contribution in [0.25, 0.3) is 0 Å². The topological polar surface area (TPSA) is 96.2 Å². The summed E-state index contributed by atoms with van der Waals surface area (Å²) in [6.07, 6.45) is 8.51. The zero-order valence-electron chi connectivity index (χ0n) is 17.3. The molecule has 0 amide bonds. The molecule has 164 valence electrons. The second-order valence-corrected chi connectivity index (χ2v) is 9.18. The van der Waals surface area contributed by atoms with Gasteiger partial charge in [0.25, 0.3) is 10.0 Å². The fourth-order valence-electron chi connectivity index (χ4n) is 3.56. The molecule has 1 aromatic carbocycles. The summed E-state index contributed by atoms with van der Waals surface area (Å²) in [5, 5.41) is 4.22. The van der Waals surface area contributed by atoms with E-state index in [0.717, 1.165) is 51.5 Å². The van der Waals surface area contributed by atoms with Crippen molar-refractivity contribution >= 4 is 21.7 Å². The van der Waals surface area contributed by atoms with Gasteiger partial charge in [-0.2, -0.15) is 5.10 Å². The van der Waals surface area contributed by atoms with Crippen LogP contribution in [0.5, 0.6) is 0 Å². The molecule has 0 radical (unpaired) electrons. The quantitative estimate of drug-likeness (QED) is 0.508. The second kappa shape index (κ2) is 9.88. The van der Waals surface area contributed by atoms with Crippen LogP contribution in [-0.2, 0) is 16.6 Å². The number of aryl methyl sites for hydroxylation is 1. The van der Waals surface area contributed by atoms with Crippen LogP contribution in [0.4, 0.5) is 11.6 Å². The molecule has 1 N–H and O–H groups in total. The van der Waals surface area contributed by atoms with E-state index in [4.69, 9.17) is 0 Å². The predicted octanol–water partition coefficient (Wildman–Crippen LogP) is 2.08. The molecule has 1 fully saturated rings. The van der Waals surface area contributed by atoms with Gasteiger partial charge in [-0.1, -0.05) is 18.2 Å². The van der Waals surface area contributed by atoms with E-state index in [1.807, 2.05) is 12.1 Å². The first-order valence-corrected chi connectivity index (χ1v) is 11.9. The lowest BCUT2D eigenvalue weighted by Crippen LogP contribution is -2.47. The molecular formula is C21H27N7O2S. The van der Waals surface area contributed by atoms with Crippen molar-refractivity contribution in [1.29, 1.82) is 0 Å². The highest BCUT2D eigenvalue weighted by Gasteiger charge is 2.19. The number of aromatic nitrogens is 4. The zero-order valence-corrected chi connectivity index (χ0v) is 18.2. The number of anilines is 2. The second-order valence-electron chi connectivity index (χ2n) is 7.50. The summed E-state index contributed by atoms with van der Waals surface area (Å²) >= 11 is 0. The van der Waals surface area contributed by atoms with Crippen molar-refractivity contribution in [2.45, 2.75) is 24.3 Å². The van der Waals surface area contributed by atoms with E-state index in [-0.39, 0.29) is 4.90 Å². The molecule has 10 heteroatoms. The van der Waals surface area contributed by atoms with Crippen LogP contribution < -0.4 is 9.62 Å². The molecule has 1 saturated heterocycles. The van der Waals surface area contributed by atoms with Gasteiger partial charge in [0.15, 0.2) is 0 Å². The number of para-hydroxylation sites is 1. The van der Waals surface area contributed by atoms with E-state index in [2.05, 4.69) is 29.6 Å². The highest BCUT2D eigenvalue weighted by molar-refractivity contribution is 7.92. The molecule has 0 bridgehead atoms. The van der Waals surface area contributed by atoms with Gasteiger partial charge < -0.3 is 4.90 Å². The van der Waals surface area contributed by atoms with Gasteiger partial charge in [0.05, 0.1) is 6.20 Å². The molecule has 4 rings (SSSR count). The fraction of sp³-hybridized carbons (Fsp3) is 0.381. The Morgan fingerprint density at radius 2 is 1.61 bits per heavy atom. The SMILES string of the molecule is O=S(=O)(Nc1ccccc1)c1cnn(CCCCN2CCN(c3ncccn3)CC2)c1. The Balaban J connectivity index is 1.19. The lowest BCUT2D eigenvalue weighted by atomic mass is 10.2. The summed E-state index contributed by atoms with van der Waals surface area (Å²) < 4.78 is 29.3. The first-order valence-electron chi connectivity index (χ1n) is 10.4. The van der Waals surface area contributed by atoms with Crippen LogP contribution in [0, 0.1) is 0 Å². The van der Waals surface area contributed by atoms with Crippen molar-refractivity contribution in [3.63, 3.8) is 0 Å². The summed E-state index contributed by atoms with van der Waals surface area (Å²) in [6, 6.07) is 10.7. The van der Waals surface area contributed by atoms with Crippen LogP contribution in [0.15, 0.2) is 66.1 Å². The number of nitrogens with one attached hydrogen (secondary N) is 1. The molecule has 2 aromatic heterocycles. The number of nitrogens with zero attached hydrogens (tertiary/aromatic N) is 6. The standard InChI is InChI=1S/C21H27N7O2S/c29-31(30,25-19-7-2-1-3-8-19)20-17-24-28(18-20)12-5-4-11-26-13-15-27(16-14-26)21-22-9-6-10-23-21/h1-3,6-10,17-18,25H,4-5,11-16H2. The maximum absolute atomic E-state index is 12.5. The largest absolute Gasteiger partial charge is 0.338 e. The first kappa shape index (κ1) is 21.3. The highest BCUT2D eigenvalue weighted by Crippen LogP contribution is 2.15. The van der Waals surface area contributed by atoms with Gasteiger partial charge in [-0.15, -0.1) is 0 Å². The lowest BCUT2D eigenvalue weighted by Gasteiger charge is -2.34. The molecule has 0 atom stereocenters. The third-order valence-electron chi connectivity index (χ3n) is 5.26. The van der Waals surface area contributed by atoms with Crippen LogP contribution >= 0.6 is 0 Å². The minimum absolute atomic E-state index is 0.176. The van der Waals surface area contributed by atoms with E-state index < -0.39 is 10.0 Å². The van der Waals surface area contributed by atoms with E-state index in [1.165, 1.54) is 6.20 Å². The molecule has 31 heavy (non-hydrogen) atoms. The number of hydrogen-bond donors (Lipinski definition) is 1.